The number of nitrogens with zero attached hydrogens (tertiary/aromatic N) is 1. The molecule has 3 aromatic rings. The maximum absolute atomic E-state index is 13.0. The minimum Gasteiger partial charge on any atom is -0.489 e. The third kappa shape index (κ3) is 5.34. The van der Waals surface area contributed by atoms with Gasteiger partial charge in [-0.3, -0.25) is 4.79 Å². The van der Waals surface area contributed by atoms with E-state index in [9.17, 15) is 9.18 Å². The first-order chi connectivity index (χ1) is 14.7. The van der Waals surface area contributed by atoms with Gasteiger partial charge in [-0.15, -0.1) is 0 Å². The molecule has 0 spiro atoms. The number of benzene rings is 2. The van der Waals surface area contributed by atoms with Crippen molar-refractivity contribution in [2.24, 2.45) is 0 Å². The molecule has 1 saturated heterocycles. The first kappa shape index (κ1) is 20.3. The van der Waals surface area contributed by atoms with Gasteiger partial charge < -0.3 is 18.8 Å². The summed E-state index contributed by atoms with van der Waals surface area (Å²) in [5.74, 6) is 0.212. The zero-order chi connectivity index (χ0) is 20.8. The van der Waals surface area contributed by atoms with Crippen LogP contribution in [0.5, 0.6) is 5.75 Å². The quantitative estimate of drug-likeness (QED) is 0.586. The van der Waals surface area contributed by atoms with Crippen LogP contribution in [-0.2, 0) is 29.0 Å². The van der Waals surface area contributed by atoms with Crippen LogP contribution in [0.3, 0.4) is 0 Å². The lowest BCUT2D eigenvalue weighted by atomic mass is 10.1. The highest BCUT2D eigenvalue weighted by Gasteiger charge is 2.16. The molecule has 2 aromatic carbocycles. The predicted molar refractivity (Wildman–Crippen MR) is 111 cm³/mol. The summed E-state index contributed by atoms with van der Waals surface area (Å²) in [6.07, 6.45) is 3.13. The predicted octanol–water partition coefficient (Wildman–Crippen LogP) is 4.24. The summed E-state index contributed by atoms with van der Waals surface area (Å²) in [6.45, 7) is 2.30. The second-order valence-corrected chi connectivity index (χ2v) is 7.23. The third-order valence-electron chi connectivity index (χ3n) is 5.01. The summed E-state index contributed by atoms with van der Waals surface area (Å²) in [5, 5.41) is 0. The van der Waals surface area contributed by atoms with Gasteiger partial charge in [0.15, 0.2) is 6.29 Å². The van der Waals surface area contributed by atoms with Crippen LogP contribution >= 0.6 is 0 Å². The summed E-state index contributed by atoms with van der Waals surface area (Å²) in [7, 11) is 0. The second kappa shape index (κ2) is 9.69. The molecule has 0 N–H and O–H groups in total. The normalized spacial score (nSPS) is 14.6. The molecule has 6 heteroatoms. The number of aryl methyl sites for hydroxylation is 2. The summed E-state index contributed by atoms with van der Waals surface area (Å²) in [6, 6.07) is 17.5. The number of aromatic nitrogens is 1. The van der Waals surface area contributed by atoms with Crippen molar-refractivity contribution in [2.45, 2.75) is 32.3 Å². The van der Waals surface area contributed by atoms with Crippen molar-refractivity contribution in [3.63, 3.8) is 0 Å². The van der Waals surface area contributed by atoms with Gasteiger partial charge in [0.2, 0.25) is 0 Å². The van der Waals surface area contributed by atoms with Crippen LogP contribution < -0.4 is 10.3 Å². The Hall–Kier alpha value is -2.96. The number of hydrogen-bond donors (Lipinski definition) is 0. The van der Waals surface area contributed by atoms with E-state index in [1.807, 2.05) is 24.3 Å². The highest BCUT2D eigenvalue weighted by molar-refractivity contribution is 5.24. The molecule has 0 bridgehead atoms. The molecule has 0 amide bonds. The Balaban J connectivity index is 1.31. The number of halogens is 1. The number of pyridine rings is 1. The first-order valence-corrected chi connectivity index (χ1v) is 10.1. The van der Waals surface area contributed by atoms with Gasteiger partial charge in [0, 0.05) is 24.4 Å². The van der Waals surface area contributed by atoms with Gasteiger partial charge in [0.1, 0.15) is 18.2 Å². The van der Waals surface area contributed by atoms with E-state index in [4.69, 9.17) is 14.2 Å². The topological polar surface area (TPSA) is 49.7 Å². The van der Waals surface area contributed by atoms with Crippen LogP contribution in [0.15, 0.2) is 71.7 Å². The molecule has 1 aliphatic heterocycles. The zero-order valence-corrected chi connectivity index (χ0v) is 16.6. The van der Waals surface area contributed by atoms with Crippen LogP contribution in [-0.4, -0.2) is 17.8 Å². The molecule has 0 radical (unpaired) electrons. The highest BCUT2D eigenvalue weighted by atomic mass is 19.1. The minimum absolute atomic E-state index is 0.118. The van der Waals surface area contributed by atoms with Crippen molar-refractivity contribution in [3.8, 4) is 5.75 Å². The summed E-state index contributed by atoms with van der Waals surface area (Å²) >= 11 is 0. The lowest BCUT2D eigenvalue weighted by molar-refractivity contribution is -0.183. The number of rotatable bonds is 7. The molecule has 1 aromatic heterocycles. The molecular formula is C24H24FNO4. The smallest absolute Gasteiger partial charge is 0.254 e. The van der Waals surface area contributed by atoms with Crippen LogP contribution in [0, 0.1) is 5.82 Å². The Kier molecular flexibility index (Phi) is 6.57. The second-order valence-electron chi connectivity index (χ2n) is 7.23. The van der Waals surface area contributed by atoms with Crippen LogP contribution in [0.2, 0.25) is 0 Å². The molecule has 156 valence electrons. The van der Waals surface area contributed by atoms with Gasteiger partial charge in [0.25, 0.3) is 5.56 Å². The maximum Gasteiger partial charge on any atom is 0.254 e. The summed E-state index contributed by atoms with van der Waals surface area (Å²) in [5.41, 5.74) is 2.87. The third-order valence-corrected chi connectivity index (χ3v) is 5.01. The van der Waals surface area contributed by atoms with E-state index in [1.54, 1.807) is 29.0 Å². The van der Waals surface area contributed by atoms with Gasteiger partial charge in [-0.05, 0) is 42.2 Å². The van der Waals surface area contributed by atoms with Crippen LogP contribution in [0.4, 0.5) is 4.39 Å². The SMILES string of the molecule is O=c1cc(OCc2ccc(F)cc2)ccn1CCc1ccc(C2OCCCO2)cc1. The van der Waals surface area contributed by atoms with Crippen molar-refractivity contribution in [2.75, 3.05) is 13.2 Å². The van der Waals surface area contributed by atoms with Crippen molar-refractivity contribution in [1.82, 2.24) is 4.57 Å². The minimum atomic E-state index is -0.286. The van der Waals surface area contributed by atoms with Crippen molar-refractivity contribution in [1.29, 1.82) is 0 Å². The van der Waals surface area contributed by atoms with Crippen LogP contribution in [0.1, 0.15) is 29.4 Å². The molecule has 0 aliphatic carbocycles. The van der Waals surface area contributed by atoms with E-state index in [0.717, 1.165) is 42.7 Å². The van der Waals surface area contributed by atoms with E-state index < -0.39 is 0 Å². The van der Waals surface area contributed by atoms with Gasteiger partial charge in [-0.2, -0.15) is 0 Å². The van der Waals surface area contributed by atoms with E-state index in [1.165, 1.54) is 18.2 Å². The van der Waals surface area contributed by atoms with Crippen LogP contribution in [0.25, 0.3) is 0 Å². The monoisotopic (exact) mass is 409 g/mol. The molecule has 30 heavy (non-hydrogen) atoms. The van der Waals surface area contributed by atoms with E-state index in [2.05, 4.69) is 0 Å². The Labute approximate surface area is 174 Å². The Morgan fingerprint density at radius 1 is 0.967 bits per heavy atom. The zero-order valence-electron chi connectivity index (χ0n) is 16.6. The number of ether oxygens (including phenoxy) is 3. The van der Waals surface area contributed by atoms with E-state index in [-0.39, 0.29) is 24.3 Å². The average molecular weight is 409 g/mol. The van der Waals surface area contributed by atoms with Crippen molar-refractivity contribution < 1.29 is 18.6 Å². The molecule has 0 saturated carbocycles. The fourth-order valence-electron chi connectivity index (χ4n) is 3.28. The number of hydrogen-bond acceptors (Lipinski definition) is 4. The Morgan fingerprint density at radius 3 is 2.37 bits per heavy atom. The summed E-state index contributed by atoms with van der Waals surface area (Å²) < 4.78 is 31.5. The van der Waals surface area contributed by atoms with Gasteiger partial charge in [-0.1, -0.05) is 36.4 Å². The summed E-state index contributed by atoms with van der Waals surface area (Å²) in [4.78, 5) is 12.4. The molecule has 5 nitrogen and oxygen atoms in total. The van der Waals surface area contributed by atoms with E-state index >= 15 is 0 Å². The van der Waals surface area contributed by atoms with Crippen molar-refractivity contribution >= 4 is 0 Å². The lowest BCUT2D eigenvalue weighted by Gasteiger charge is -2.23. The van der Waals surface area contributed by atoms with Crippen molar-refractivity contribution in [3.05, 3.63) is 99.7 Å². The Morgan fingerprint density at radius 2 is 1.67 bits per heavy atom. The first-order valence-electron chi connectivity index (χ1n) is 10.1. The molecule has 1 fully saturated rings. The molecule has 0 atom stereocenters. The van der Waals surface area contributed by atoms with E-state index in [0.29, 0.717) is 12.3 Å². The molecule has 1 aliphatic rings. The molecule has 4 rings (SSSR count). The van der Waals surface area contributed by atoms with Gasteiger partial charge >= 0.3 is 0 Å². The molecule has 0 unspecified atom stereocenters. The fraction of sp³-hybridized carbons (Fsp3) is 0.292. The fourth-order valence-corrected chi connectivity index (χ4v) is 3.28. The molecule has 2 heterocycles. The molecular weight excluding hydrogens is 385 g/mol. The lowest BCUT2D eigenvalue weighted by Crippen LogP contribution is -2.20. The average Bonchev–Trinajstić information content (AvgIpc) is 2.79. The largest absolute Gasteiger partial charge is 0.489 e. The highest BCUT2D eigenvalue weighted by Crippen LogP contribution is 2.23. The van der Waals surface area contributed by atoms with Gasteiger partial charge in [0.05, 0.1) is 13.2 Å². The maximum atomic E-state index is 13.0. The standard InChI is InChI=1S/C24H24FNO4/c25-21-8-4-19(5-9-21)17-30-22-11-13-26(23(27)16-22)12-10-18-2-6-20(7-3-18)24-28-14-1-15-29-24/h2-9,11,13,16,24H,1,10,12,14-15,17H2. The van der Waals surface area contributed by atoms with Gasteiger partial charge in [-0.25, -0.2) is 4.39 Å². The Bertz CT molecular complexity index is 1010.